The molecule has 2 bridgehead atoms. The average molecular weight is 916 g/mol. The van der Waals surface area contributed by atoms with E-state index in [1.807, 2.05) is 54.6 Å². The van der Waals surface area contributed by atoms with Crippen LogP contribution in [0.2, 0.25) is 0 Å². The molecule has 4 heterocycles. The molecule has 0 aliphatic carbocycles. The van der Waals surface area contributed by atoms with Crippen LogP contribution in [-0.2, 0) is 32.6 Å². The summed E-state index contributed by atoms with van der Waals surface area (Å²) in [7, 11) is -2.47. The number of likely N-dealkylation sites (N-methyl/N-ethyl adjacent to an activating group) is 1. The summed E-state index contributed by atoms with van der Waals surface area (Å²) < 4.78 is 45.3. The second-order valence-corrected chi connectivity index (χ2v) is 18.7. The molecule has 9 rings (SSSR count). The molecule has 3 saturated heterocycles. The number of nitrogens with zero attached hydrogens (tertiary/aromatic N) is 2. The van der Waals surface area contributed by atoms with Crippen molar-refractivity contribution in [2.75, 3.05) is 46.4 Å². The number of phenols is 1. The minimum Gasteiger partial charge on any atom is -0.506 e. The topological polar surface area (TPSA) is 200 Å². The first-order valence-electron chi connectivity index (χ1n) is 21.9. The first-order chi connectivity index (χ1) is 31.9. The van der Waals surface area contributed by atoms with Gasteiger partial charge in [-0.2, -0.15) is 4.31 Å². The summed E-state index contributed by atoms with van der Waals surface area (Å²) >= 11 is 0. The Hall–Kier alpha value is -6.56. The number of carbonyl (C=O) groups is 2. The van der Waals surface area contributed by atoms with Gasteiger partial charge in [0.2, 0.25) is 15.6 Å². The molecule has 3 aliphatic rings. The van der Waals surface area contributed by atoms with Crippen LogP contribution in [0, 0.1) is 5.92 Å². The van der Waals surface area contributed by atoms with Crippen molar-refractivity contribution in [3.05, 3.63) is 171 Å². The molecule has 15 nitrogen and oxygen atoms in total. The van der Waals surface area contributed by atoms with E-state index in [0.29, 0.717) is 34.7 Å². The van der Waals surface area contributed by atoms with Crippen molar-refractivity contribution in [2.45, 2.75) is 49.1 Å². The number of amides is 1. The number of piperidine rings is 3. The maximum atomic E-state index is 13.3. The summed E-state index contributed by atoms with van der Waals surface area (Å²) in [5.41, 5.74) is 4.05. The first-order valence-corrected chi connectivity index (χ1v) is 23.4. The fourth-order valence-corrected chi connectivity index (χ4v) is 9.62. The number of sulfonamides is 1. The molecular weight excluding hydrogens is 863 g/mol. The zero-order valence-corrected chi connectivity index (χ0v) is 37.3. The predicted molar refractivity (Wildman–Crippen MR) is 248 cm³/mol. The van der Waals surface area contributed by atoms with Crippen molar-refractivity contribution in [1.29, 1.82) is 0 Å². The van der Waals surface area contributed by atoms with E-state index in [1.165, 1.54) is 31.3 Å². The van der Waals surface area contributed by atoms with Crippen molar-refractivity contribution in [3.63, 3.8) is 0 Å². The maximum Gasteiger partial charge on any atom is 0.408 e. The molecule has 5 aromatic carbocycles. The van der Waals surface area contributed by atoms with E-state index in [9.17, 15) is 33.0 Å². The van der Waals surface area contributed by atoms with E-state index in [-0.39, 0.29) is 54.1 Å². The van der Waals surface area contributed by atoms with Gasteiger partial charge in [0.05, 0.1) is 28.1 Å². The van der Waals surface area contributed by atoms with Gasteiger partial charge >= 0.3 is 12.1 Å². The molecule has 0 unspecified atom stereocenters. The van der Waals surface area contributed by atoms with E-state index >= 15 is 0 Å². The van der Waals surface area contributed by atoms with Crippen LogP contribution in [0.1, 0.15) is 63.2 Å². The van der Waals surface area contributed by atoms with Crippen LogP contribution >= 0.6 is 0 Å². The number of benzene rings is 5. The lowest BCUT2D eigenvalue weighted by Gasteiger charge is -2.43. The summed E-state index contributed by atoms with van der Waals surface area (Å²) in [5.74, 6) is 0.309. The summed E-state index contributed by atoms with van der Waals surface area (Å²) in [5, 5.41) is 27.7. The molecule has 1 amide bonds. The Morgan fingerprint density at radius 3 is 2.33 bits per heavy atom. The molecule has 1 aromatic heterocycles. The number of ether oxygens (including phenoxy) is 3. The molecule has 0 radical (unpaired) electrons. The van der Waals surface area contributed by atoms with Crippen molar-refractivity contribution in [3.8, 4) is 11.5 Å². The number of alkyl carbamates (subject to hydrolysis) is 1. The van der Waals surface area contributed by atoms with Crippen molar-refractivity contribution in [2.24, 2.45) is 5.92 Å². The molecule has 16 heteroatoms. The number of aromatic hydroxyl groups is 1. The highest BCUT2D eigenvalue weighted by Gasteiger charge is 2.37. The summed E-state index contributed by atoms with van der Waals surface area (Å²) in [6, 6.07) is 35.8. The number of hydrogen-bond acceptors (Lipinski definition) is 12. The van der Waals surface area contributed by atoms with E-state index in [1.54, 1.807) is 48.5 Å². The van der Waals surface area contributed by atoms with Gasteiger partial charge in [-0.05, 0) is 108 Å². The number of aliphatic hydroxyl groups is 1. The van der Waals surface area contributed by atoms with E-state index in [2.05, 4.69) is 20.5 Å². The fraction of sp³-hybridized carbons (Fsp3) is 0.300. The van der Waals surface area contributed by atoms with Crippen molar-refractivity contribution in [1.82, 2.24) is 24.8 Å². The standard InChI is InChI=1S/C50H53N5O10S/c1-54(66(61,62)40-16-12-33(13-17-40)29-51-30-44(57)41-18-20-43(56)48-42(41)19-21-46(58)52-48)26-27-63-49(59)37-14-10-34(11-15-37)32-64-39-9-5-8-38(28-39)47(36-6-3-2-4-7-36)53-50(60)65-45-31-55-24-22-35(45)23-25-55/h2-21,28,35,44-45,47,51,56-57H,22-27,29-32H2,1H3,(H,52,58)(H,53,60)/t44-,45+,47-/m0/s1. The molecular formula is C50H53N5O10S. The quantitative estimate of drug-likeness (QED) is 0.0629. The molecule has 66 heavy (non-hydrogen) atoms. The number of rotatable bonds is 18. The number of nitrogens with one attached hydrogen (secondary N) is 3. The van der Waals surface area contributed by atoms with Crippen LogP contribution in [0.5, 0.6) is 11.5 Å². The number of aliphatic hydroxyl groups excluding tert-OH is 1. The average Bonchev–Trinajstić information content (AvgIpc) is 3.33. The normalized spacial score (nSPS) is 17.8. The van der Waals surface area contributed by atoms with Gasteiger partial charge < -0.3 is 40.0 Å². The Morgan fingerprint density at radius 1 is 0.879 bits per heavy atom. The van der Waals surface area contributed by atoms with Crippen LogP contribution in [-0.4, -0.2) is 97.4 Å². The first kappa shape index (κ1) is 46.0. The van der Waals surface area contributed by atoms with Gasteiger partial charge in [0.25, 0.3) is 0 Å². The number of aromatic amines is 1. The van der Waals surface area contributed by atoms with Crippen LogP contribution in [0.3, 0.4) is 0 Å². The number of pyridine rings is 1. The van der Waals surface area contributed by atoms with Gasteiger partial charge in [-0.25, -0.2) is 18.0 Å². The van der Waals surface area contributed by atoms with Gasteiger partial charge in [0.15, 0.2) is 0 Å². The zero-order chi connectivity index (χ0) is 46.2. The molecule has 0 spiro atoms. The number of esters is 1. The third kappa shape index (κ3) is 11.1. The molecule has 5 N–H and O–H groups in total. The molecule has 3 aliphatic heterocycles. The van der Waals surface area contributed by atoms with Crippen LogP contribution < -0.4 is 20.9 Å². The lowest BCUT2D eigenvalue weighted by molar-refractivity contribution is -0.0336. The van der Waals surface area contributed by atoms with Gasteiger partial charge in [-0.15, -0.1) is 0 Å². The Kier molecular flexibility index (Phi) is 14.4. The van der Waals surface area contributed by atoms with Crippen molar-refractivity contribution < 1.29 is 42.4 Å². The van der Waals surface area contributed by atoms with Gasteiger partial charge in [-0.3, -0.25) is 9.69 Å². The fourth-order valence-electron chi connectivity index (χ4n) is 8.47. The SMILES string of the molecule is CN(CCOC(=O)c1ccc(COc2cccc([C@@H](NC(=O)O[C@@H]3CN4CCC3CC4)c3ccccc3)c2)cc1)S(=O)(=O)c1ccc(CNC[C@H](O)c2ccc(O)c3[nH]c(=O)ccc23)cc1. The van der Waals surface area contributed by atoms with Gasteiger partial charge in [0, 0.05) is 44.7 Å². The largest absolute Gasteiger partial charge is 0.506 e. The van der Waals surface area contributed by atoms with Gasteiger partial charge in [0.1, 0.15) is 30.8 Å². The van der Waals surface area contributed by atoms with Crippen LogP contribution in [0.15, 0.2) is 137 Å². The summed E-state index contributed by atoms with van der Waals surface area (Å²) in [6.45, 7) is 3.38. The smallest absolute Gasteiger partial charge is 0.408 e. The second kappa shape index (κ2) is 20.7. The number of hydrogen-bond donors (Lipinski definition) is 5. The Morgan fingerprint density at radius 2 is 1.61 bits per heavy atom. The lowest BCUT2D eigenvalue weighted by Crippen LogP contribution is -2.52. The predicted octanol–water partition coefficient (Wildman–Crippen LogP) is 6.02. The zero-order valence-electron chi connectivity index (χ0n) is 36.5. The lowest BCUT2D eigenvalue weighted by atomic mass is 9.86. The van der Waals surface area contributed by atoms with E-state index in [4.69, 9.17) is 14.2 Å². The number of H-pyrrole nitrogens is 1. The number of carbonyl (C=O) groups excluding carboxylic acids is 2. The Labute approximate surface area is 383 Å². The third-order valence-corrected chi connectivity index (χ3v) is 14.1. The molecule has 3 fully saturated rings. The highest BCUT2D eigenvalue weighted by atomic mass is 32.2. The maximum absolute atomic E-state index is 13.3. The summed E-state index contributed by atoms with van der Waals surface area (Å²) in [6.07, 6.45) is 0.589. The minimum absolute atomic E-state index is 0.0678. The van der Waals surface area contributed by atoms with Crippen molar-refractivity contribution >= 4 is 33.0 Å². The molecule has 3 atom stereocenters. The minimum atomic E-state index is -3.89. The Bertz CT molecular complexity index is 2800. The van der Waals surface area contributed by atoms with Crippen LogP contribution in [0.4, 0.5) is 4.79 Å². The summed E-state index contributed by atoms with van der Waals surface area (Å²) in [4.78, 5) is 42.9. The molecule has 0 saturated carbocycles. The van der Waals surface area contributed by atoms with E-state index < -0.39 is 34.2 Å². The van der Waals surface area contributed by atoms with E-state index in [0.717, 1.165) is 59.0 Å². The van der Waals surface area contributed by atoms with Crippen LogP contribution in [0.25, 0.3) is 10.9 Å². The second-order valence-electron chi connectivity index (χ2n) is 16.7. The number of aromatic nitrogens is 1. The molecule has 344 valence electrons. The highest BCUT2D eigenvalue weighted by Crippen LogP contribution is 2.32. The highest BCUT2D eigenvalue weighted by molar-refractivity contribution is 7.89. The monoisotopic (exact) mass is 915 g/mol. The third-order valence-electron chi connectivity index (χ3n) is 12.2. The number of phenolic OH excluding ortho intramolecular Hbond substituents is 1. The molecule has 6 aromatic rings. The Balaban J connectivity index is 0.784. The van der Waals surface area contributed by atoms with Gasteiger partial charge in [-0.1, -0.05) is 72.8 Å². The number of fused-ring (bicyclic) bond motifs is 4.